The molecule has 2 heterocycles. The first-order chi connectivity index (χ1) is 8.08. The van der Waals surface area contributed by atoms with Crippen molar-refractivity contribution in [1.29, 1.82) is 0 Å². The molecule has 1 saturated heterocycles. The van der Waals surface area contributed by atoms with E-state index in [1.807, 2.05) is 0 Å². The Morgan fingerprint density at radius 3 is 2.47 bits per heavy atom. The summed E-state index contributed by atoms with van der Waals surface area (Å²) in [6, 6.07) is 2.37. The molecule has 0 amide bonds. The predicted molar refractivity (Wildman–Crippen MR) is 72.6 cm³/mol. The topological polar surface area (TPSA) is 45.4 Å². The number of hydrogen-bond acceptors (Lipinski definition) is 4. The smallest absolute Gasteiger partial charge is 0.147 e. The molecule has 0 atom stereocenters. The zero-order chi connectivity index (χ0) is 12.4. The Morgan fingerprint density at radius 1 is 1.29 bits per heavy atom. The largest absolute Gasteiger partial charge is 0.397 e. The number of aromatic nitrogens is 1. The van der Waals surface area contributed by atoms with E-state index in [9.17, 15) is 0 Å². The number of halogens is 1. The fraction of sp³-hybridized carbons (Fsp3) is 0.583. The highest BCUT2D eigenvalue weighted by atomic mass is 35.5. The number of anilines is 2. The number of nitrogen functional groups attached to an aromatic ring is 1. The molecule has 0 aliphatic carbocycles. The number of piperazine rings is 1. The van der Waals surface area contributed by atoms with Crippen molar-refractivity contribution in [2.45, 2.75) is 19.9 Å². The molecule has 0 saturated carbocycles. The average Bonchev–Trinajstić information content (AvgIpc) is 2.29. The first kappa shape index (κ1) is 12.5. The normalized spacial score (nSPS) is 17.8. The van der Waals surface area contributed by atoms with Gasteiger partial charge in [0.05, 0.1) is 16.9 Å². The maximum Gasteiger partial charge on any atom is 0.147 e. The van der Waals surface area contributed by atoms with Crippen LogP contribution in [0.2, 0.25) is 5.02 Å². The lowest BCUT2D eigenvalue weighted by Gasteiger charge is -2.37. The van der Waals surface area contributed by atoms with Crippen molar-refractivity contribution in [3.05, 3.63) is 17.3 Å². The SMILES string of the molecule is CC(C)N1CCN(c2ncc(N)cc2Cl)CC1. The quantitative estimate of drug-likeness (QED) is 0.875. The van der Waals surface area contributed by atoms with Crippen LogP contribution in [-0.4, -0.2) is 42.1 Å². The van der Waals surface area contributed by atoms with Crippen LogP contribution < -0.4 is 10.6 Å². The van der Waals surface area contributed by atoms with Gasteiger partial charge >= 0.3 is 0 Å². The Labute approximate surface area is 107 Å². The minimum absolute atomic E-state index is 0.604. The highest BCUT2D eigenvalue weighted by molar-refractivity contribution is 6.33. The van der Waals surface area contributed by atoms with Crippen LogP contribution in [0.15, 0.2) is 12.3 Å². The third kappa shape index (κ3) is 2.82. The number of nitrogens with two attached hydrogens (primary N) is 1. The van der Waals surface area contributed by atoms with E-state index in [2.05, 4.69) is 28.6 Å². The molecule has 1 aliphatic heterocycles. The third-order valence-electron chi connectivity index (χ3n) is 3.19. The maximum atomic E-state index is 6.16. The molecular formula is C12H19ClN4. The Morgan fingerprint density at radius 2 is 1.94 bits per heavy atom. The lowest BCUT2D eigenvalue weighted by atomic mass is 10.2. The molecule has 1 aromatic heterocycles. The summed E-state index contributed by atoms with van der Waals surface area (Å²) in [6.45, 7) is 8.50. The van der Waals surface area contributed by atoms with Crippen molar-refractivity contribution >= 4 is 23.1 Å². The van der Waals surface area contributed by atoms with Crippen molar-refractivity contribution in [3.63, 3.8) is 0 Å². The van der Waals surface area contributed by atoms with Gasteiger partial charge in [-0.3, -0.25) is 4.90 Å². The van der Waals surface area contributed by atoms with Gasteiger partial charge in [0.15, 0.2) is 0 Å². The zero-order valence-corrected chi connectivity index (χ0v) is 11.1. The fourth-order valence-corrected chi connectivity index (χ4v) is 2.42. The molecule has 2 rings (SSSR count). The van der Waals surface area contributed by atoms with Crippen LogP contribution >= 0.6 is 11.6 Å². The summed E-state index contributed by atoms with van der Waals surface area (Å²) in [5, 5.41) is 0.642. The van der Waals surface area contributed by atoms with Gasteiger partial charge in [-0.2, -0.15) is 0 Å². The van der Waals surface area contributed by atoms with Crippen LogP contribution in [0, 0.1) is 0 Å². The van der Waals surface area contributed by atoms with Gasteiger partial charge in [0.1, 0.15) is 5.82 Å². The summed E-state index contributed by atoms with van der Waals surface area (Å²) in [5.74, 6) is 0.851. The number of hydrogen-bond donors (Lipinski definition) is 1. The molecular weight excluding hydrogens is 236 g/mol. The molecule has 94 valence electrons. The summed E-state index contributed by atoms with van der Waals surface area (Å²) in [4.78, 5) is 9.00. The van der Waals surface area contributed by atoms with Gasteiger partial charge in [-0.15, -0.1) is 0 Å². The van der Waals surface area contributed by atoms with Crippen LogP contribution in [-0.2, 0) is 0 Å². The number of nitrogens with zero attached hydrogens (tertiary/aromatic N) is 3. The van der Waals surface area contributed by atoms with Crippen LogP contribution in [0.3, 0.4) is 0 Å². The second kappa shape index (κ2) is 5.10. The van der Waals surface area contributed by atoms with Crippen LogP contribution in [0.4, 0.5) is 11.5 Å². The zero-order valence-electron chi connectivity index (χ0n) is 10.4. The van der Waals surface area contributed by atoms with Gasteiger partial charge in [-0.25, -0.2) is 4.98 Å². The summed E-state index contributed by atoms with van der Waals surface area (Å²) in [5.41, 5.74) is 6.26. The molecule has 0 radical (unpaired) electrons. The van der Waals surface area contributed by atoms with Crippen molar-refractivity contribution < 1.29 is 0 Å². The van der Waals surface area contributed by atoms with Crippen molar-refractivity contribution in [3.8, 4) is 0 Å². The van der Waals surface area contributed by atoms with E-state index in [1.165, 1.54) is 0 Å². The van der Waals surface area contributed by atoms with Gasteiger partial charge in [0.2, 0.25) is 0 Å². The second-order valence-electron chi connectivity index (χ2n) is 4.69. The molecule has 0 spiro atoms. The van der Waals surface area contributed by atoms with E-state index in [-0.39, 0.29) is 0 Å². The molecule has 4 nitrogen and oxygen atoms in total. The molecule has 0 unspecified atom stereocenters. The first-order valence-electron chi connectivity index (χ1n) is 5.98. The predicted octanol–water partition coefficient (Wildman–Crippen LogP) is 1.85. The van der Waals surface area contributed by atoms with E-state index in [0.29, 0.717) is 16.8 Å². The van der Waals surface area contributed by atoms with Gasteiger partial charge in [0.25, 0.3) is 0 Å². The highest BCUT2D eigenvalue weighted by Gasteiger charge is 2.21. The Kier molecular flexibility index (Phi) is 3.74. The van der Waals surface area contributed by atoms with Crippen LogP contribution in [0.25, 0.3) is 0 Å². The van der Waals surface area contributed by atoms with Crippen molar-refractivity contribution in [2.24, 2.45) is 0 Å². The minimum Gasteiger partial charge on any atom is -0.397 e. The Hall–Kier alpha value is -1.00. The van der Waals surface area contributed by atoms with E-state index < -0.39 is 0 Å². The molecule has 0 aromatic carbocycles. The van der Waals surface area contributed by atoms with Crippen molar-refractivity contribution in [2.75, 3.05) is 36.8 Å². The second-order valence-corrected chi connectivity index (χ2v) is 5.10. The average molecular weight is 255 g/mol. The molecule has 2 N–H and O–H groups in total. The summed E-state index contributed by atoms with van der Waals surface area (Å²) < 4.78 is 0. The van der Waals surface area contributed by atoms with Gasteiger partial charge in [-0.05, 0) is 19.9 Å². The van der Waals surface area contributed by atoms with Gasteiger partial charge in [-0.1, -0.05) is 11.6 Å². The lowest BCUT2D eigenvalue weighted by Crippen LogP contribution is -2.49. The van der Waals surface area contributed by atoms with E-state index in [1.54, 1.807) is 12.3 Å². The maximum absolute atomic E-state index is 6.16. The molecule has 1 fully saturated rings. The standard InChI is InChI=1S/C12H19ClN4/c1-9(2)16-3-5-17(6-4-16)12-11(13)7-10(14)8-15-12/h7-9H,3-6,14H2,1-2H3. The highest BCUT2D eigenvalue weighted by Crippen LogP contribution is 2.25. The Balaban J connectivity index is 2.05. The monoisotopic (exact) mass is 254 g/mol. The van der Waals surface area contributed by atoms with Crippen LogP contribution in [0.1, 0.15) is 13.8 Å². The van der Waals surface area contributed by atoms with Crippen molar-refractivity contribution in [1.82, 2.24) is 9.88 Å². The van der Waals surface area contributed by atoms with E-state index in [0.717, 1.165) is 32.0 Å². The van der Waals surface area contributed by atoms with E-state index in [4.69, 9.17) is 17.3 Å². The Bertz CT molecular complexity index is 386. The molecule has 0 bridgehead atoms. The minimum atomic E-state index is 0.604. The summed E-state index contributed by atoms with van der Waals surface area (Å²) >= 11 is 6.16. The third-order valence-corrected chi connectivity index (χ3v) is 3.47. The molecule has 17 heavy (non-hydrogen) atoms. The fourth-order valence-electron chi connectivity index (χ4n) is 2.13. The number of pyridine rings is 1. The molecule has 1 aromatic rings. The summed E-state index contributed by atoms with van der Waals surface area (Å²) in [7, 11) is 0. The summed E-state index contributed by atoms with van der Waals surface area (Å²) in [6.07, 6.45) is 1.66. The van der Waals surface area contributed by atoms with E-state index >= 15 is 0 Å². The number of rotatable bonds is 2. The molecule has 1 aliphatic rings. The first-order valence-corrected chi connectivity index (χ1v) is 6.35. The van der Waals surface area contributed by atoms with Gasteiger partial charge < -0.3 is 10.6 Å². The molecule has 5 heteroatoms. The van der Waals surface area contributed by atoms with Crippen LogP contribution in [0.5, 0.6) is 0 Å². The van der Waals surface area contributed by atoms with Gasteiger partial charge in [0, 0.05) is 32.2 Å². The lowest BCUT2D eigenvalue weighted by molar-refractivity contribution is 0.209.